The molecule has 0 heterocycles. The average molecular weight is 301 g/mol. The second kappa shape index (κ2) is 7.04. The van der Waals surface area contributed by atoms with Crippen molar-refractivity contribution in [1.29, 1.82) is 0 Å². The Morgan fingerprint density at radius 1 is 1.35 bits per heavy atom. The maximum Gasteiger partial charge on any atom is 0.308 e. The van der Waals surface area contributed by atoms with Gasteiger partial charge in [-0.2, -0.15) is 0 Å². The van der Waals surface area contributed by atoms with Crippen molar-refractivity contribution in [3.63, 3.8) is 0 Å². The number of carbonyl (C=O) groups excluding carboxylic acids is 1. The maximum atomic E-state index is 13.3. The standard InChI is InChI=1S/C15H18ClFO3/c1-19-15(18)11-3-5-12(6-4-11)20-9-10-2-7-13(16)14(17)8-10/h2,7-8,11-12H,3-6,9H2,1H3. The zero-order chi connectivity index (χ0) is 14.5. The van der Waals surface area contributed by atoms with E-state index in [2.05, 4.69) is 0 Å². The zero-order valence-corrected chi connectivity index (χ0v) is 12.2. The van der Waals surface area contributed by atoms with Gasteiger partial charge in [0.05, 0.1) is 30.8 Å². The highest BCUT2D eigenvalue weighted by Crippen LogP contribution is 2.28. The first kappa shape index (κ1) is 15.3. The number of hydrogen-bond acceptors (Lipinski definition) is 3. The molecule has 0 saturated heterocycles. The van der Waals surface area contributed by atoms with Crippen LogP contribution in [0.2, 0.25) is 5.02 Å². The van der Waals surface area contributed by atoms with Crippen molar-refractivity contribution >= 4 is 17.6 Å². The molecule has 0 amide bonds. The van der Waals surface area contributed by atoms with Crippen molar-refractivity contribution < 1.29 is 18.7 Å². The molecule has 1 aromatic carbocycles. The number of benzene rings is 1. The van der Waals surface area contributed by atoms with Crippen LogP contribution in [-0.2, 0) is 20.9 Å². The molecule has 20 heavy (non-hydrogen) atoms. The largest absolute Gasteiger partial charge is 0.469 e. The van der Waals surface area contributed by atoms with E-state index in [1.54, 1.807) is 6.07 Å². The van der Waals surface area contributed by atoms with Gasteiger partial charge in [-0.05, 0) is 43.4 Å². The molecule has 110 valence electrons. The Bertz CT molecular complexity index is 470. The fraction of sp³-hybridized carbons (Fsp3) is 0.533. The molecular weight excluding hydrogens is 283 g/mol. The van der Waals surface area contributed by atoms with Gasteiger partial charge in [-0.25, -0.2) is 4.39 Å². The Kier molecular flexibility index (Phi) is 5.38. The maximum absolute atomic E-state index is 13.3. The van der Waals surface area contributed by atoms with Crippen molar-refractivity contribution in [2.45, 2.75) is 38.4 Å². The molecule has 0 unspecified atom stereocenters. The van der Waals surface area contributed by atoms with Crippen LogP contribution >= 0.6 is 11.6 Å². The van der Waals surface area contributed by atoms with E-state index in [0.29, 0.717) is 6.61 Å². The SMILES string of the molecule is COC(=O)C1CCC(OCc2ccc(Cl)c(F)c2)CC1. The lowest BCUT2D eigenvalue weighted by atomic mass is 9.87. The molecular formula is C15H18ClFO3. The van der Waals surface area contributed by atoms with E-state index in [1.165, 1.54) is 19.2 Å². The van der Waals surface area contributed by atoms with Crippen molar-refractivity contribution in [2.75, 3.05) is 7.11 Å². The van der Waals surface area contributed by atoms with Gasteiger partial charge in [0.1, 0.15) is 5.82 Å². The molecule has 1 aliphatic carbocycles. The minimum absolute atomic E-state index is 0.00664. The molecule has 0 spiro atoms. The summed E-state index contributed by atoms with van der Waals surface area (Å²) in [6.45, 7) is 0.363. The van der Waals surface area contributed by atoms with Crippen molar-refractivity contribution in [3.05, 3.63) is 34.6 Å². The Morgan fingerprint density at radius 2 is 2.05 bits per heavy atom. The number of halogens is 2. The van der Waals surface area contributed by atoms with E-state index in [1.807, 2.05) is 0 Å². The molecule has 5 heteroatoms. The molecule has 0 aromatic heterocycles. The van der Waals surface area contributed by atoms with Crippen LogP contribution in [0, 0.1) is 11.7 Å². The smallest absolute Gasteiger partial charge is 0.308 e. The van der Waals surface area contributed by atoms with E-state index < -0.39 is 5.82 Å². The van der Waals surface area contributed by atoms with E-state index in [0.717, 1.165) is 31.2 Å². The van der Waals surface area contributed by atoms with Crippen LogP contribution < -0.4 is 0 Å². The second-order valence-corrected chi connectivity index (χ2v) is 5.46. The van der Waals surface area contributed by atoms with Crippen LogP contribution in [0.25, 0.3) is 0 Å². The number of hydrogen-bond donors (Lipinski definition) is 0. The predicted molar refractivity (Wildman–Crippen MR) is 74.0 cm³/mol. The molecule has 1 aromatic rings. The first-order valence-electron chi connectivity index (χ1n) is 6.73. The highest BCUT2D eigenvalue weighted by atomic mass is 35.5. The summed E-state index contributed by atoms with van der Waals surface area (Å²) < 4.78 is 23.8. The number of rotatable bonds is 4. The van der Waals surface area contributed by atoms with Gasteiger partial charge in [-0.15, -0.1) is 0 Å². The summed E-state index contributed by atoms with van der Waals surface area (Å²) in [7, 11) is 1.42. The summed E-state index contributed by atoms with van der Waals surface area (Å²) in [5.41, 5.74) is 0.766. The van der Waals surface area contributed by atoms with Crippen LogP contribution in [0.4, 0.5) is 4.39 Å². The van der Waals surface area contributed by atoms with Gasteiger partial charge in [0.2, 0.25) is 0 Å². The highest BCUT2D eigenvalue weighted by molar-refractivity contribution is 6.30. The number of ether oxygens (including phenoxy) is 2. The minimum Gasteiger partial charge on any atom is -0.469 e. The second-order valence-electron chi connectivity index (χ2n) is 5.06. The normalized spacial score (nSPS) is 22.6. The van der Waals surface area contributed by atoms with Gasteiger partial charge in [0.25, 0.3) is 0 Å². The van der Waals surface area contributed by atoms with Gasteiger partial charge < -0.3 is 9.47 Å². The molecule has 0 radical (unpaired) electrons. The van der Waals surface area contributed by atoms with Crippen molar-refractivity contribution in [2.24, 2.45) is 5.92 Å². The Balaban J connectivity index is 1.78. The topological polar surface area (TPSA) is 35.5 Å². The van der Waals surface area contributed by atoms with E-state index in [9.17, 15) is 9.18 Å². The minimum atomic E-state index is -0.429. The molecule has 1 fully saturated rings. The quantitative estimate of drug-likeness (QED) is 0.795. The number of esters is 1. The summed E-state index contributed by atoms with van der Waals surface area (Å²) in [6.07, 6.45) is 3.35. The predicted octanol–water partition coefficient (Wildman–Crippen LogP) is 3.73. The molecule has 0 atom stereocenters. The fourth-order valence-corrected chi connectivity index (χ4v) is 2.59. The highest BCUT2D eigenvalue weighted by Gasteiger charge is 2.27. The molecule has 1 aliphatic rings. The third-order valence-corrected chi connectivity index (χ3v) is 3.98. The number of methoxy groups -OCH3 is 1. The lowest BCUT2D eigenvalue weighted by Gasteiger charge is -2.27. The first-order chi connectivity index (χ1) is 9.60. The lowest BCUT2D eigenvalue weighted by Crippen LogP contribution is -2.26. The van der Waals surface area contributed by atoms with Crippen molar-refractivity contribution in [3.8, 4) is 0 Å². The van der Waals surface area contributed by atoms with Crippen LogP contribution in [0.1, 0.15) is 31.2 Å². The van der Waals surface area contributed by atoms with Crippen LogP contribution in [-0.4, -0.2) is 19.2 Å². The fourth-order valence-electron chi connectivity index (χ4n) is 2.48. The van der Waals surface area contributed by atoms with E-state index in [-0.39, 0.29) is 23.0 Å². The summed E-state index contributed by atoms with van der Waals surface area (Å²) in [5.74, 6) is -0.571. The Morgan fingerprint density at radius 3 is 2.65 bits per heavy atom. The summed E-state index contributed by atoms with van der Waals surface area (Å²) in [5, 5.41) is 0.118. The lowest BCUT2D eigenvalue weighted by molar-refractivity contribution is -0.147. The molecule has 3 nitrogen and oxygen atoms in total. The van der Waals surface area contributed by atoms with Crippen molar-refractivity contribution in [1.82, 2.24) is 0 Å². The Labute approximate surface area is 123 Å². The van der Waals surface area contributed by atoms with Crippen LogP contribution in [0.5, 0.6) is 0 Å². The first-order valence-corrected chi connectivity index (χ1v) is 7.11. The zero-order valence-electron chi connectivity index (χ0n) is 11.4. The third kappa shape index (κ3) is 3.93. The average Bonchev–Trinajstić information content (AvgIpc) is 2.48. The van der Waals surface area contributed by atoms with E-state index in [4.69, 9.17) is 21.1 Å². The monoisotopic (exact) mass is 300 g/mol. The molecule has 0 N–H and O–H groups in total. The van der Waals surface area contributed by atoms with Gasteiger partial charge in [-0.3, -0.25) is 4.79 Å². The third-order valence-electron chi connectivity index (χ3n) is 3.68. The molecule has 0 bridgehead atoms. The van der Waals surface area contributed by atoms with Gasteiger partial charge in [0, 0.05) is 0 Å². The molecule has 2 rings (SSSR count). The Hall–Kier alpha value is -1.13. The summed E-state index contributed by atoms with van der Waals surface area (Å²) in [6, 6.07) is 4.68. The summed E-state index contributed by atoms with van der Waals surface area (Å²) in [4.78, 5) is 11.4. The van der Waals surface area contributed by atoms with Crippen LogP contribution in [0.3, 0.4) is 0 Å². The number of carbonyl (C=O) groups is 1. The molecule has 1 saturated carbocycles. The van der Waals surface area contributed by atoms with Gasteiger partial charge in [0.15, 0.2) is 0 Å². The summed E-state index contributed by atoms with van der Waals surface area (Å²) >= 11 is 5.63. The van der Waals surface area contributed by atoms with Gasteiger partial charge >= 0.3 is 5.97 Å². The molecule has 0 aliphatic heterocycles. The van der Waals surface area contributed by atoms with Crippen LogP contribution in [0.15, 0.2) is 18.2 Å². The van der Waals surface area contributed by atoms with E-state index >= 15 is 0 Å². The van der Waals surface area contributed by atoms with Gasteiger partial charge in [-0.1, -0.05) is 17.7 Å².